The van der Waals surface area contributed by atoms with Crippen molar-refractivity contribution in [3.63, 3.8) is 0 Å². The molecule has 0 saturated carbocycles. The van der Waals surface area contributed by atoms with Gasteiger partial charge in [0.2, 0.25) is 0 Å². The van der Waals surface area contributed by atoms with Crippen LogP contribution in [0.15, 0.2) is 24.3 Å². The number of anilines is 1. The molecule has 0 fully saturated rings. The molecule has 0 aromatic heterocycles. The van der Waals surface area contributed by atoms with E-state index in [4.69, 9.17) is 0 Å². The van der Waals surface area contributed by atoms with Crippen LogP contribution in [0.25, 0.3) is 0 Å². The first-order chi connectivity index (χ1) is 5.47. The molecule has 1 heterocycles. The van der Waals surface area contributed by atoms with Gasteiger partial charge >= 0.3 is 0 Å². The van der Waals surface area contributed by atoms with E-state index in [1.807, 2.05) is 18.2 Å². The first kappa shape index (κ1) is 6.60. The zero-order valence-electron chi connectivity index (χ0n) is 6.02. The number of fused-ring (bicyclic) bond motifs is 1. The number of nitrogens with one attached hydrogen (secondary N) is 4. The third kappa shape index (κ3) is 1.32. The van der Waals surface area contributed by atoms with Crippen LogP contribution in [0.2, 0.25) is 0 Å². The maximum absolute atomic E-state index is 3.00. The van der Waals surface area contributed by atoms with Crippen molar-refractivity contribution >= 4 is 5.69 Å². The second-order valence-electron chi connectivity index (χ2n) is 2.39. The Hall–Kier alpha value is -1.10. The summed E-state index contributed by atoms with van der Waals surface area (Å²) >= 11 is 0. The lowest BCUT2D eigenvalue weighted by Crippen LogP contribution is -2.43. The second-order valence-corrected chi connectivity index (χ2v) is 2.39. The molecule has 1 aliphatic heterocycles. The van der Waals surface area contributed by atoms with Crippen molar-refractivity contribution in [2.45, 2.75) is 6.54 Å². The summed E-state index contributed by atoms with van der Waals surface area (Å²) in [6, 6.07) is 8.12. The van der Waals surface area contributed by atoms with Crippen LogP contribution in [-0.4, -0.2) is 0 Å². The van der Waals surface area contributed by atoms with Gasteiger partial charge in [-0.2, -0.15) is 11.1 Å². The van der Waals surface area contributed by atoms with Gasteiger partial charge in [-0.3, -0.25) is 0 Å². The van der Waals surface area contributed by atoms with E-state index >= 15 is 0 Å². The molecule has 0 bridgehead atoms. The number of benzene rings is 1. The molecule has 0 atom stereocenters. The zero-order chi connectivity index (χ0) is 7.52. The standard InChI is InChI=1S/C7H10N4/c1-2-4-7-6(3-1)5-8-10-11-9-7/h1-4,8-11H,5H2. The Balaban J connectivity index is 2.33. The molecule has 0 unspecified atom stereocenters. The fraction of sp³-hybridized carbons (Fsp3) is 0.143. The molecule has 4 heteroatoms. The van der Waals surface area contributed by atoms with Crippen LogP contribution in [0.4, 0.5) is 5.69 Å². The summed E-state index contributed by atoms with van der Waals surface area (Å²) in [5, 5.41) is 0. The summed E-state index contributed by atoms with van der Waals surface area (Å²) < 4.78 is 0. The Bertz CT molecular complexity index is 223. The molecule has 0 saturated heterocycles. The van der Waals surface area contributed by atoms with Crippen molar-refractivity contribution in [2.24, 2.45) is 0 Å². The minimum atomic E-state index is 0.816. The smallest absolute Gasteiger partial charge is 0.0547 e. The van der Waals surface area contributed by atoms with Crippen molar-refractivity contribution in [2.75, 3.05) is 5.43 Å². The Morgan fingerprint density at radius 1 is 1.09 bits per heavy atom. The predicted molar refractivity (Wildman–Crippen MR) is 43.2 cm³/mol. The average molecular weight is 150 g/mol. The maximum Gasteiger partial charge on any atom is 0.0547 e. The number of hydrazine groups is 3. The van der Waals surface area contributed by atoms with Gasteiger partial charge in [-0.1, -0.05) is 18.2 Å². The largest absolute Gasteiger partial charge is 0.307 e. The highest BCUT2D eigenvalue weighted by molar-refractivity contribution is 5.50. The van der Waals surface area contributed by atoms with E-state index in [0.29, 0.717) is 0 Å². The highest BCUT2D eigenvalue weighted by Crippen LogP contribution is 2.13. The lowest BCUT2D eigenvalue weighted by Gasteiger charge is -2.04. The highest BCUT2D eigenvalue weighted by atomic mass is 15.7. The van der Waals surface area contributed by atoms with E-state index < -0.39 is 0 Å². The SMILES string of the molecule is c1ccc2c(c1)CNNNN2. The lowest BCUT2D eigenvalue weighted by atomic mass is 10.2. The molecular weight excluding hydrogens is 140 g/mol. The molecule has 1 aliphatic rings. The van der Waals surface area contributed by atoms with E-state index in [9.17, 15) is 0 Å². The van der Waals surface area contributed by atoms with E-state index in [1.165, 1.54) is 5.56 Å². The van der Waals surface area contributed by atoms with Crippen LogP contribution in [0.3, 0.4) is 0 Å². The summed E-state index contributed by atoms with van der Waals surface area (Å²) in [5.74, 6) is 0. The van der Waals surface area contributed by atoms with E-state index in [1.54, 1.807) is 0 Å². The molecule has 4 N–H and O–H groups in total. The molecule has 1 aromatic rings. The summed E-state index contributed by atoms with van der Waals surface area (Å²) in [7, 11) is 0. The number of hydrogen-bond acceptors (Lipinski definition) is 4. The molecule has 1 aromatic carbocycles. The second kappa shape index (κ2) is 2.87. The monoisotopic (exact) mass is 150 g/mol. The Labute approximate surface area is 64.9 Å². The van der Waals surface area contributed by atoms with Gasteiger partial charge in [-0.15, -0.1) is 0 Å². The summed E-state index contributed by atoms with van der Waals surface area (Å²) in [6.07, 6.45) is 0. The molecule has 58 valence electrons. The highest BCUT2D eigenvalue weighted by Gasteiger charge is 2.02. The Morgan fingerprint density at radius 3 is 3.00 bits per heavy atom. The fourth-order valence-corrected chi connectivity index (χ4v) is 1.08. The van der Waals surface area contributed by atoms with Crippen molar-refractivity contribution in [1.29, 1.82) is 0 Å². The molecule has 4 nitrogen and oxygen atoms in total. The van der Waals surface area contributed by atoms with Gasteiger partial charge in [0.25, 0.3) is 0 Å². The summed E-state index contributed by atoms with van der Waals surface area (Å²) in [5.41, 5.74) is 13.9. The Kier molecular flexibility index (Phi) is 1.72. The third-order valence-corrected chi connectivity index (χ3v) is 1.64. The molecule has 11 heavy (non-hydrogen) atoms. The van der Waals surface area contributed by atoms with Crippen molar-refractivity contribution in [1.82, 2.24) is 16.5 Å². The molecule has 0 spiro atoms. The van der Waals surface area contributed by atoms with Gasteiger partial charge in [0.15, 0.2) is 0 Å². The fourth-order valence-electron chi connectivity index (χ4n) is 1.08. The van der Waals surface area contributed by atoms with Crippen LogP contribution in [-0.2, 0) is 6.54 Å². The quantitative estimate of drug-likeness (QED) is 0.424. The van der Waals surface area contributed by atoms with Gasteiger partial charge in [0, 0.05) is 6.54 Å². The summed E-state index contributed by atoms with van der Waals surface area (Å²) in [6.45, 7) is 0.816. The topological polar surface area (TPSA) is 48.1 Å². The lowest BCUT2D eigenvalue weighted by molar-refractivity contribution is 0.478. The maximum atomic E-state index is 3.00. The molecule has 0 aliphatic carbocycles. The number of para-hydroxylation sites is 1. The van der Waals surface area contributed by atoms with Gasteiger partial charge < -0.3 is 5.43 Å². The van der Waals surface area contributed by atoms with Crippen LogP contribution in [0.1, 0.15) is 5.56 Å². The zero-order valence-corrected chi connectivity index (χ0v) is 6.02. The van der Waals surface area contributed by atoms with E-state index in [0.717, 1.165) is 12.2 Å². The van der Waals surface area contributed by atoms with Gasteiger partial charge in [-0.05, 0) is 11.6 Å². The van der Waals surface area contributed by atoms with Crippen molar-refractivity contribution < 1.29 is 0 Å². The molecule has 2 rings (SSSR count). The van der Waals surface area contributed by atoms with E-state index in [2.05, 4.69) is 28.0 Å². The van der Waals surface area contributed by atoms with Crippen LogP contribution < -0.4 is 21.9 Å². The summed E-state index contributed by atoms with van der Waals surface area (Å²) in [4.78, 5) is 0. The average Bonchev–Trinajstić information content (AvgIpc) is 2.28. The number of hydrogen-bond donors (Lipinski definition) is 4. The first-order valence-electron chi connectivity index (χ1n) is 3.53. The molecule has 0 radical (unpaired) electrons. The first-order valence-corrected chi connectivity index (χ1v) is 3.53. The van der Waals surface area contributed by atoms with Crippen molar-refractivity contribution in [3.05, 3.63) is 29.8 Å². The third-order valence-electron chi connectivity index (χ3n) is 1.64. The van der Waals surface area contributed by atoms with E-state index in [-0.39, 0.29) is 0 Å². The Morgan fingerprint density at radius 2 is 2.00 bits per heavy atom. The molecule has 0 amide bonds. The normalized spacial score (nSPS) is 16.4. The van der Waals surface area contributed by atoms with Gasteiger partial charge in [0.05, 0.1) is 5.69 Å². The van der Waals surface area contributed by atoms with Crippen LogP contribution in [0.5, 0.6) is 0 Å². The van der Waals surface area contributed by atoms with Gasteiger partial charge in [0.1, 0.15) is 0 Å². The van der Waals surface area contributed by atoms with Crippen LogP contribution >= 0.6 is 0 Å². The van der Waals surface area contributed by atoms with Crippen molar-refractivity contribution in [3.8, 4) is 0 Å². The minimum Gasteiger partial charge on any atom is -0.307 e. The minimum absolute atomic E-state index is 0.816. The van der Waals surface area contributed by atoms with Gasteiger partial charge in [-0.25, -0.2) is 5.43 Å². The molecular formula is C7H10N4. The van der Waals surface area contributed by atoms with Crippen LogP contribution in [0, 0.1) is 0 Å². The number of rotatable bonds is 0. The predicted octanol–water partition coefficient (Wildman–Crippen LogP) is 0.126.